The molecule has 1 aliphatic heterocycles. The molecule has 2 rings (SSSR count). The molecule has 20 heavy (non-hydrogen) atoms. The van der Waals surface area contributed by atoms with Gasteiger partial charge in [-0.1, -0.05) is 30.3 Å². The van der Waals surface area contributed by atoms with Gasteiger partial charge in [0.1, 0.15) is 0 Å². The molecule has 2 N–H and O–H groups in total. The number of amides is 1. The fraction of sp³-hybridized carbons (Fsp3) is 0.562. The number of ether oxygens (including phenoxy) is 1. The quantitative estimate of drug-likeness (QED) is 0.782. The van der Waals surface area contributed by atoms with Crippen LogP contribution in [0.3, 0.4) is 0 Å². The summed E-state index contributed by atoms with van der Waals surface area (Å²) in [5, 5.41) is 11.7. The Morgan fingerprint density at radius 3 is 2.85 bits per heavy atom. The van der Waals surface area contributed by atoms with Gasteiger partial charge in [-0.25, -0.2) is 0 Å². The molecule has 4 nitrogen and oxygen atoms in total. The lowest BCUT2D eigenvalue weighted by Gasteiger charge is -2.31. The largest absolute Gasteiger partial charge is 0.396 e. The Kier molecular flexibility index (Phi) is 6.02. The Morgan fingerprint density at radius 2 is 2.10 bits per heavy atom. The highest BCUT2D eigenvalue weighted by atomic mass is 16.5. The molecular weight excluding hydrogens is 254 g/mol. The highest BCUT2D eigenvalue weighted by molar-refractivity contribution is 5.79. The molecule has 1 saturated heterocycles. The fourth-order valence-electron chi connectivity index (χ4n) is 2.60. The molecule has 1 amide bonds. The fourth-order valence-corrected chi connectivity index (χ4v) is 2.60. The van der Waals surface area contributed by atoms with Gasteiger partial charge in [0, 0.05) is 19.8 Å². The van der Waals surface area contributed by atoms with E-state index in [1.807, 2.05) is 30.3 Å². The molecule has 0 spiro atoms. The predicted octanol–water partition coefficient (Wildman–Crippen LogP) is 2.04. The highest BCUT2D eigenvalue weighted by Crippen LogP contribution is 2.33. The van der Waals surface area contributed by atoms with Crippen molar-refractivity contribution in [2.75, 3.05) is 19.8 Å². The molecule has 1 fully saturated rings. The third-order valence-electron chi connectivity index (χ3n) is 3.67. The Morgan fingerprint density at radius 1 is 1.30 bits per heavy atom. The van der Waals surface area contributed by atoms with Gasteiger partial charge in [-0.05, 0) is 31.2 Å². The van der Waals surface area contributed by atoms with Crippen molar-refractivity contribution in [1.82, 2.24) is 5.32 Å². The van der Waals surface area contributed by atoms with Gasteiger partial charge in [-0.15, -0.1) is 0 Å². The van der Waals surface area contributed by atoms with Gasteiger partial charge in [0.05, 0.1) is 12.0 Å². The van der Waals surface area contributed by atoms with Gasteiger partial charge in [-0.3, -0.25) is 4.79 Å². The average molecular weight is 277 g/mol. The van der Waals surface area contributed by atoms with Crippen LogP contribution in [0.25, 0.3) is 0 Å². The Balaban J connectivity index is 1.94. The summed E-state index contributed by atoms with van der Waals surface area (Å²) in [5.74, 6) is -0.0447. The van der Waals surface area contributed by atoms with Crippen molar-refractivity contribution in [2.45, 2.75) is 31.8 Å². The second-order valence-corrected chi connectivity index (χ2v) is 5.17. The molecule has 0 saturated carbocycles. The first-order valence-electron chi connectivity index (χ1n) is 7.38. The van der Waals surface area contributed by atoms with Crippen LogP contribution >= 0.6 is 0 Å². The monoisotopic (exact) mass is 277 g/mol. The molecule has 0 radical (unpaired) electrons. The summed E-state index contributed by atoms with van der Waals surface area (Å²) in [5.41, 5.74) is 1.07. The van der Waals surface area contributed by atoms with Crippen LogP contribution in [-0.4, -0.2) is 30.8 Å². The third kappa shape index (κ3) is 4.05. The minimum atomic E-state index is -0.136. The minimum absolute atomic E-state index is 0.0662. The lowest BCUT2D eigenvalue weighted by atomic mass is 9.89. The summed E-state index contributed by atoms with van der Waals surface area (Å²) in [7, 11) is 0. The second kappa shape index (κ2) is 8.02. The van der Waals surface area contributed by atoms with E-state index in [1.165, 1.54) is 0 Å². The van der Waals surface area contributed by atoms with E-state index in [0.717, 1.165) is 31.2 Å². The predicted molar refractivity (Wildman–Crippen MR) is 77.2 cm³/mol. The van der Waals surface area contributed by atoms with Crippen LogP contribution in [0, 0.1) is 5.92 Å². The number of hydrogen-bond acceptors (Lipinski definition) is 3. The van der Waals surface area contributed by atoms with E-state index in [-0.39, 0.29) is 24.5 Å². The van der Waals surface area contributed by atoms with Gasteiger partial charge in [0.2, 0.25) is 5.91 Å². The Labute approximate surface area is 120 Å². The zero-order valence-electron chi connectivity index (χ0n) is 11.8. The SMILES string of the molecule is O=C(NCCCCO)[C@@H]1CCCO[C@@H]1c1ccccc1. The molecule has 1 aromatic rings. The van der Waals surface area contributed by atoms with E-state index in [2.05, 4.69) is 5.32 Å². The second-order valence-electron chi connectivity index (χ2n) is 5.17. The molecule has 1 aromatic carbocycles. The Hall–Kier alpha value is -1.39. The first kappa shape index (κ1) is 15.0. The van der Waals surface area contributed by atoms with Crippen LogP contribution in [0.4, 0.5) is 0 Å². The van der Waals surface area contributed by atoms with Gasteiger partial charge in [0.15, 0.2) is 0 Å². The van der Waals surface area contributed by atoms with Crippen molar-refractivity contribution in [2.24, 2.45) is 5.92 Å². The summed E-state index contributed by atoms with van der Waals surface area (Å²) < 4.78 is 5.82. The number of carbonyl (C=O) groups is 1. The molecular formula is C16H23NO3. The number of nitrogens with one attached hydrogen (secondary N) is 1. The molecule has 110 valence electrons. The summed E-state index contributed by atoms with van der Waals surface area (Å²) >= 11 is 0. The smallest absolute Gasteiger partial charge is 0.226 e. The zero-order chi connectivity index (χ0) is 14.2. The summed E-state index contributed by atoms with van der Waals surface area (Å²) in [4.78, 5) is 12.3. The number of benzene rings is 1. The number of unbranched alkanes of at least 4 members (excludes halogenated alkanes) is 1. The standard InChI is InChI=1S/C16H23NO3/c18-11-5-4-10-17-16(19)14-9-6-12-20-15(14)13-7-2-1-3-8-13/h1-3,7-8,14-15,18H,4-6,9-12H2,(H,17,19)/t14-,15-/m1/s1. The molecule has 1 heterocycles. The van der Waals surface area contributed by atoms with Gasteiger partial charge in [0.25, 0.3) is 0 Å². The number of aliphatic hydroxyl groups excluding tert-OH is 1. The molecule has 1 aliphatic rings. The normalized spacial score (nSPS) is 22.4. The highest BCUT2D eigenvalue weighted by Gasteiger charge is 2.32. The zero-order valence-corrected chi connectivity index (χ0v) is 11.8. The van der Waals surface area contributed by atoms with Gasteiger partial charge >= 0.3 is 0 Å². The maximum Gasteiger partial charge on any atom is 0.226 e. The first-order valence-corrected chi connectivity index (χ1v) is 7.38. The van der Waals surface area contributed by atoms with Crippen LogP contribution in [0.2, 0.25) is 0 Å². The lowest BCUT2D eigenvalue weighted by Crippen LogP contribution is -2.38. The maximum atomic E-state index is 12.3. The Bertz CT molecular complexity index is 407. The molecule has 0 aliphatic carbocycles. The number of carbonyl (C=O) groups excluding carboxylic acids is 1. The van der Waals surface area contributed by atoms with Crippen molar-refractivity contribution >= 4 is 5.91 Å². The molecule has 4 heteroatoms. The number of aliphatic hydroxyl groups is 1. The molecule has 2 atom stereocenters. The maximum absolute atomic E-state index is 12.3. The first-order chi connectivity index (χ1) is 9.83. The number of rotatable bonds is 6. The van der Waals surface area contributed by atoms with E-state index in [9.17, 15) is 4.79 Å². The van der Waals surface area contributed by atoms with Crippen molar-refractivity contribution in [1.29, 1.82) is 0 Å². The van der Waals surface area contributed by atoms with Gasteiger partial charge in [-0.2, -0.15) is 0 Å². The van der Waals surface area contributed by atoms with E-state index in [4.69, 9.17) is 9.84 Å². The van der Waals surface area contributed by atoms with Gasteiger partial charge < -0.3 is 15.2 Å². The van der Waals surface area contributed by atoms with Crippen molar-refractivity contribution in [3.05, 3.63) is 35.9 Å². The van der Waals surface area contributed by atoms with Crippen LogP contribution in [-0.2, 0) is 9.53 Å². The molecule has 0 bridgehead atoms. The van der Waals surface area contributed by atoms with Crippen LogP contribution in [0.15, 0.2) is 30.3 Å². The van der Waals surface area contributed by atoms with Crippen molar-refractivity contribution < 1.29 is 14.6 Å². The number of hydrogen-bond donors (Lipinski definition) is 2. The summed E-state index contributed by atoms with van der Waals surface area (Å²) in [6, 6.07) is 9.95. The van der Waals surface area contributed by atoms with E-state index in [0.29, 0.717) is 13.2 Å². The molecule has 0 unspecified atom stereocenters. The van der Waals surface area contributed by atoms with E-state index >= 15 is 0 Å². The topological polar surface area (TPSA) is 58.6 Å². The van der Waals surface area contributed by atoms with E-state index in [1.54, 1.807) is 0 Å². The summed E-state index contributed by atoms with van der Waals surface area (Å²) in [6.45, 7) is 1.51. The van der Waals surface area contributed by atoms with Crippen LogP contribution in [0.1, 0.15) is 37.4 Å². The van der Waals surface area contributed by atoms with Crippen LogP contribution in [0.5, 0.6) is 0 Å². The molecule has 0 aromatic heterocycles. The van der Waals surface area contributed by atoms with E-state index < -0.39 is 0 Å². The van der Waals surface area contributed by atoms with Crippen molar-refractivity contribution in [3.63, 3.8) is 0 Å². The van der Waals surface area contributed by atoms with Crippen LogP contribution < -0.4 is 5.32 Å². The lowest BCUT2D eigenvalue weighted by molar-refractivity contribution is -0.134. The van der Waals surface area contributed by atoms with Crippen molar-refractivity contribution in [3.8, 4) is 0 Å². The third-order valence-corrected chi connectivity index (χ3v) is 3.67. The summed E-state index contributed by atoms with van der Waals surface area (Å²) in [6.07, 6.45) is 3.20. The average Bonchev–Trinajstić information content (AvgIpc) is 2.52. The minimum Gasteiger partial charge on any atom is -0.396 e.